The van der Waals surface area contributed by atoms with Crippen LogP contribution in [-0.4, -0.2) is 26.9 Å². The van der Waals surface area contributed by atoms with E-state index in [1.54, 1.807) is 6.07 Å². The largest absolute Gasteiger partial charge is 0.490 e. The van der Waals surface area contributed by atoms with Crippen LogP contribution in [0.1, 0.15) is 28.7 Å². The van der Waals surface area contributed by atoms with E-state index in [0.717, 1.165) is 22.4 Å². The maximum absolute atomic E-state index is 12.2. The molecule has 0 unspecified atom stereocenters. The van der Waals surface area contributed by atoms with Crippen LogP contribution in [0.25, 0.3) is 11.3 Å². The van der Waals surface area contributed by atoms with Crippen LogP contribution >= 0.6 is 0 Å². The van der Waals surface area contributed by atoms with E-state index in [9.17, 15) is 9.59 Å². The zero-order valence-electron chi connectivity index (χ0n) is 14.9. The SMILES string of the molecule is C[C@@H]1Cc2ccc(-c3cc(CNC(=O)c4ccc(=O)n(C)n4)no3)cc2O1. The van der Waals surface area contributed by atoms with Crippen LogP contribution in [0, 0.1) is 0 Å². The second kappa shape index (κ2) is 6.71. The monoisotopic (exact) mass is 366 g/mol. The quantitative estimate of drug-likeness (QED) is 0.754. The topological polar surface area (TPSA) is 99.2 Å². The number of aryl methyl sites for hydroxylation is 1. The molecule has 1 aromatic carbocycles. The van der Waals surface area contributed by atoms with Gasteiger partial charge in [0.2, 0.25) is 0 Å². The maximum atomic E-state index is 12.2. The molecule has 0 radical (unpaired) electrons. The number of hydrogen-bond acceptors (Lipinski definition) is 6. The second-order valence-corrected chi connectivity index (χ2v) is 6.50. The Bertz CT molecular complexity index is 1070. The molecule has 3 aromatic rings. The standard InChI is InChI=1S/C19H18N4O4/c1-11-7-12-3-4-13(8-16(12)26-11)17-9-14(22-27-17)10-20-19(25)15-5-6-18(24)23(2)21-15/h3-6,8-9,11H,7,10H2,1-2H3,(H,20,25)/t11-/m1/s1. The number of benzene rings is 1. The molecule has 3 heterocycles. The Labute approximate surface area is 154 Å². The fourth-order valence-electron chi connectivity index (χ4n) is 2.97. The predicted molar refractivity (Wildman–Crippen MR) is 96.4 cm³/mol. The zero-order valence-corrected chi connectivity index (χ0v) is 14.9. The molecule has 1 N–H and O–H groups in total. The Morgan fingerprint density at radius 3 is 2.96 bits per heavy atom. The molecule has 27 heavy (non-hydrogen) atoms. The molecular formula is C19H18N4O4. The summed E-state index contributed by atoms with van der Waals surface area (Å²) in [6.07, 6.45) is 1.09. The first-order valence-electron chi connectivity index (χ1n) is 8.58. The summed E-state index contributed by atoms with van der Waals surface area (Å²) in [5, 5.41) is 10.6. The lowest BCUT2D eigenvalue weighted by molar-refractivity contribution is 0.0942. The van der Waals surface area contributed by atoms with Gasteiger partial charge in [-0.25, -0.2) is 4.68 Å². The van der Waals surface area contributed by atoms with Gasteiger partial charge in [0.15, 0.2) is 5.76 Å². The highest BCUT2D eigenvalue weighted by Gasteiger charge is 2.20. The Balaban J connectivity index is 1.44. The van der Waals surface area contributed by atoms with Gasteiger partial charge in [-0.3, -0.25) is 9.59 Å². The summed E-state index contributed by atoms with van der Waals surface area (Å²) in [4.78, 5) is 23.5. The van der Waals surface area contributed by atoms with Gasteiger partial charge >= 0.3 is 0 Å². The summed E-state index contributed by atoms with van der Waals surface area (Å²) in [5.74, 6) is 1.08. The molecule has 138 valence electrons. The molecule has 0 aliphatic carbocycles. The lowest BCUT2D eigenvalue weighted by Crippen LogP contribution is -2.28. The third-order valence-electron chi connectivity index (χ3n) is 4.37. The number of rotatable bonds is 4. The zero-order chi connectivity index (χ0) is 19.0. The van der Waals surface area contributed by atoms with Crippen molar-refractivity contribution in [2.45, 2.75) is 26.0 Å². The molecule has 0 saturated carbocycles. The molecule has 8 heteroatoms. The molecule has 1 amide bonds. The van der Waals surface area contributed by atoms with E-state index in [0.29, 0.717) is 11.5 Å². The van der Waals surface area contributed by atoms with Crippen LogP contribution in [-0.2, 0) is 20.0 Å². The van der Waals surface area contributed by atoms with E-state index < -0.39 is 5.91 Å². The van der Waals surface area contributed by atoms with Crippen molar-refractivity contribution < 1.29 is 14.1 Å². The Morgan fingerprint density at radius 2 is 2.15 bits per heavy atom. The van der Waals surface area contributed by atoms with Crippen LogP contribution < -0.4 is 15.6 Å². The van der Waals surface area contributed by atoms with Crippen LogP contribution in [0.3, 0.4) is 0 Å². The first-order valence-corrected chi connectivity index (χ1v) is 8.58. The number of carbonyl (C=O) groups excluding carboxylic acids is 1. The molecule has 0 bridgehead atoms. The van der Waals surface area contributed by atoms with E-state index >= 15 is 0 Å². The number of amides is 1. The van der Waals surface area contributed by atoms with Gasteiger partial charge in [-0.2, -0.15) is 5.10 Å². The van der Waals surface area contributed by atoms with Gasteiger partial charge in [-0.1, -0.05) is 17.3 Å². The number of aromatic nitrogens is 3. The summed E-state index contributed by atoms with van der Waals surface area (Å²) in [5.41, 5.74) is 2.51. The fourth-order valence-corrected chi connectivity index (χ4v) is 2.97. The molecule has 0 saturated heterocycles. The Kier molecular flexibility index (Phi) is 4.23. The minimum atomic E-state index is -0.393. The molecule has 1 aliphatic heterocycles. The van der Waals surface area contributed by atoms with Crippen molar-refractivity contribution >= 4 is 5.91 Å². The predicted octanol–water partition coefficient (Wildman–Crippen LogP) is 1.69. The number of nitrogens with one attached hydrogen (secondary N) is 1. The second-order valence-electron chi connectivity index (χ2n) is 6.50. The number of hydrogen-bond donors (Lipinski definition) is 1. The minimum absolute atomic E-state index is 0.158. The average molecular weight is 366 g/mol. The minimum Gasteiger partial charge on any atom is -0.490 e. The number of carbonyl (C=O) groups is 1. The summed E-state index contributed by atoms with van der Waals surface area (Å²) in [7, 11) is 1.49. The van der Waals surface area contributed by atoms with Gasteiger partial charge in [-0.15, -0.1) is 0 Å². The van der Waals surface area contributed by atoms with Gasteiger partial charge in [-0.05, 0) is 24.6 Å². The highest BCUT2D eigenvalue weighted by atomic mass is 16.5. The number of fused-ring (bicyclic) bond motifs is 1. The Morgan fingerprint density at radius 1 is 1.30 bits per heavy atom. The summed E-state index contributed by atoms with van der Waals surface area (Å²) < 4.78 is 12.3. The molecule has 1 aliphatic rings. The van der Waals surface area contributed by atoms with E-state index in [1.165, 1.54) is 24.7 Å². The van der Waals surface area contributed by atoms with E-state index in [-0.39, 0.29) is 23.9 Å². The average Bonchev–Trinajstić information content (AvgIpc) is 3.26. The van der Waals surface area contributed by atoms with Crippen molar-refractivity contribution in [2.24, 2.45) is 7.05 Å². The van der Waals surface area contributed by atoms with Crippen molar-refractivity contribution in [2.75, 3.05) is 0 Å². The van der Waals surface area contributed by atoms with Crippen LogP contribution in [0.5, 0.6) is 5.75 Å². The van der Waals surface area contributed by atoms with E-state index in [2.05, 4.69) is 15.6 Å². The summed E-state index contributed by atoms with van der Waals surface area (Å²) in [6, 6.07) is 10.4. The lowest BCUT2D eigenvalue weighted by Gasteiger charge is -2.03. The third-order valence-corrected chi connectivity index (χ3v) is 4.37. The van der Waals surface area contributed by atoms with Crippen molar-refractivity contribution in [3.8, 4) is 17.1 Å². The summed E-state index contributed by atoms with van der Waals surface area (Å²) >= 11 is 0. The third kappa shape index (κ3) is 3.46. The van der Waals surface area contributed by atoms with Gasteiger partial charge < -0.3 is 14.6 Å². The first kappa shape index (κ1) is 17.0. The van der Waals surface area contributed by atoms with Crippen molar-refractivity contribution in [3.05, 3.63) is 63.7 Å². The van der Waals surface area contributed by atoms with Gasteiger partial charge in [0.25, 0.3) is 11.5 Å². The van der Waals surface area contributed by atoms with Crippen molar-refractivity contribution in [3.63, 3.8) is 0 Å². The molecule has 1 atom stereocenters. The number of nitrogens with zero attached hydrogens (tertiary/aromatic N) is 3. The van der Waals surface area contributed by atoms with Crippen LogP contribution in [0.4, 0.5) is 0 Å². The molecule has 2 aromatic heterocycles. The summed E-state index contributed by atoms with van der Waals surface area (Å²) in [6.45, 7) is 2.22. The molecule has 8 nitrogen and oxygen atoms in total. The van der Waals surface area contributed by atoms with Crippen LogP contribution in [0.15, 0.2) is 45.7 Å². The van der Waals surface area contributed by atoms with E-state index in [4.69, 9.17) is 9.26 Å². The molecular weight excluding hydrogens is 348 g/mol. The molecule has 4 rings (SSSR count). The van der Waals surface area contributed by atoms with Crippen molar-refractivity contribution in [1.82, 2.24) is 20.3 Å². The van der Waals surface area contributed by atoms with Gasteiger partial charge in [0.1, 0.15) is 23.2 Å². The maximum Gasteiger partial charge on any atom is 0.272 e. The van der Waals surface area contributed by atoms with Crippen LogP contribution in [0.2, 0.25) is 0 Å². The first-order chi connectivity index (χ1) is 13.0. The lowest BCUT2D eigenvalue weighted by atomic mass is 10.1. The number of ether oxygens (including phenoxy) is 1. The normalized spacial score (nSPS) is 15.3. The van der Waals surface area contributed by atoms with E-state index in [1.807, 2.05) is 25.1 Å². The molecule has 0 fully saturated rings. The Hall–Kier alpha value is -3.42. The highest BCUT2D eigenvalue weighted by molar-refractivity contribution is 5.91. The highest BCUT2D eigenvalue weighted by Crippen LogP contribution is 2.33. The van der Waals surface area contributed by atoms with Gasteiger partial charge in [0, 0.05) is 31.2 Å². The smallest absolute Gasteiger partial charge is 0.272 e. The molecule has 0 spiro atoms. The van der Waals surface area contributed by atoms with Crippen molar-refractivity contribution in [1.29, 1.82) is 0 Å². The fraction of sp³-hybridized carbons (Fsp3) is 0.263. The van der Waals surface area contributed by atoms with Gasteiger partial charge in [0.05, 0.1) is 6.54 Å².